The molecule has 1 aliphatic heterocycles. The maximum absolute atomic E-state index is 4.62. The molecule has 21 heavy (non-hydrogen) atoms. The van der Waals surface area contributed by atoms with Crippen LogP contribution in [0.1, 0.15) is 62.7 Å². The van der Waals surface area contributed by atoms with Gasteiger partial charge in [0, 0.05) is 36.1 Å². The van der Waals surface area contributed by atoms with E-state index >= 15 is 0 Å². The first-order valence-corrected chi connectivity index (χ1v) is 8.98. The van der Waals surface area contributed by atoms with E-state index in [-0.39, 0.29) is 0 Å². The summed E-state index contributed by atoms with van der Waals surface area (Å²) in [7, 11) is 0. The maximum atomic E-state index is 4.62. The lowest BCUT2D eigenvalue weighted by Gasteiger charge is -2.47. The van der Waals surface area contributed by atoms with Gasteiger partial charge in [-0.2, -0.15) is 0 Å². The number of nitrogens with zero attached hydrogens (tertiary/aromatic N) is 2. The molecule has 4 heteroatoms. The van der Waals surface area contributed by atoms with E-state index in [0.29, 0.717) is 23.5 Å². The molecule has 0 radical (unpaired) electrons. The van der Waals surface area contributed by atoms with Crippen LogP contribution in [0, 0.1) is 19.3 Å². The van der Waals surface area contributed by atoms with Gasteiger partial charge in [0.2, 0.25) is 0 Å². The summed E-state index contributed by atoms with van der Waals surface area (Å²) in [5.74, 6) is 0. The number of hydrogen-bond donors (Lipinski definition) is 1. The van der Waals surface area contributed by atoms with Crippen LogP contribution in [-0.4, -0.2) is 35.1 Å². The van der Waals surface area contributed by atoms with E-state index in [0.717, 1.165) is 13.1 Å². The molecule has 1 N–H and O–H groups in total. The fraction of sp³-hybridized carbons (Fsp3) is 0.824. The average Bonchev–Trinajstić information content (AvgIpc) is 2.75. The zero-order valence-electron chi connectivity index (χ0n) is 14.7. The monoisotopic (exact) mass is 309 g/mol. The Hall–Kier alpha value is -0.450. The maximum Gasteiger partial charge on any atom is 0.0900 e. The van der Waals surface area contributed by atoms with Gasteiger partial charge < -0.3 is 5.32 Å². The summed E-state index contributed by atoms with van der Waals surface area (Å²) in [6, 6.07) is 1.64. The molecule has 2 rings (SSSR count). The molecule has 3 unspecified atom stereocenters. The highest BCUT2D eigenvalue weighted by Gasteiger charge is 2.36. The Bertz CT molecular complexity index is 475. The number of aromatic nitrogens is 1. The second-order valence-electron chi connectivity index (χ2n) is 7.44. The van der Waals surface area contributed by atoms with Crippen LogP contribution in [0.4, 0.5) is 0 Å². The minimum absolute atomic E-state index is 0.301. The van der Waals surface area contributed by atoms with Gasteiger partial charge in [0.15, 0.2) is 0 Å². The van der Waals surface area contributed by atoms with Crippen molar-refractivity contribution in [2.45, 2.75) is 73.0 Å². The van der Waals surface area contributed by atoms with E-state index in [4.69, 9.17) is 0 Å². The Morgan fingerprint density at radius 3 is 2.52 bits per heavy atom. The molecular weight excluding hydrogens is 278 g/mol. The highest BCUT2D eigenvalue weighted by Crippen LogP contribution is 2.34. The predicted octanol–water partition coefficient (Wildman–Crippen LogP) is 3.92. The first-order chi connectivity index (χ1) is 9.74. The van der Waals surface area contributed by atoms with Crippen LogP contribution in [0.15, 0.2) is 0 Å². The predicted molar refractivity (Wildman–Crippen MR) is 92.0 cm³/mol. The number of nitrogens with one attached hydrogen (secondary N) is 1. The first-order valence-electron chi connectivity index (χ1n) is 8.17. The molecule has 0 aliphatic carbocycles. The highest BCUT2D eigenvalue weighted by molar-refractivity contribution is 7.11. The Morgan fingerprint density at radius 2 is 2.05 bits per heavy atom. The molecule has 3 atom stereocenters. The van der Waals surface area contributed by atoms with Crippen molar-refractivity contribution in [1.29, 1.82) is 0 Å². The van der Waals surface area contributed by atoms with Gasteiger partial charge in [-0.1, -0.05) is 27.7 Å². The Labute approximate surface area is 134 Å². The van der Waals surface area contributed by atoms with E-state index in [1.807, 2.05) is 11.3 Å². The molecule has 3 nitrogen and oxygen atoms in total. The van der Waals surface area contributed by atoms with Gasteiger partial charge >= 0.3 is 0 Å². The summed E-state index contributed by atoms with van der Waals surface area (Å²) < 4.78 is 0. The third kappa shape index (κ3) is 3.66. The second-order valence-corrected chi connectivity index (χ2v) is 8.68. The molecule has 1 aromatic rings. The summed E-state index contributed by atoms with van der Waals surface area (Å²) in [5, 5.41) is 4.95. The van der Waals surface area contributed by atoms with Crippen molar-refractivity contribution in [3.05, 3.63) is 15.6 Å². The first kappa shape index (κ1) is 16.9. The van der Waals surface area contributed by atoms with Crippen LogP contribution in [0.25, 0.3) is 0 Å². The summed E-state index contributed by atoms with van der Waals surface area (Å²) >= 11 is 1.86. The van der Waals surface area contributed by atoms with Crippen molar-refractivity contribution >= 4 is 11.3 Å². The van der Waals surface area contributed by atoms with Gasteiger partial charge in [0.05, 0.1) is 10.7 Å². The normalized spacial score (nSPS) is 26.0. The third-order valence-corrected chi connectivity index (χ3v) is 6.04. The van der Waals surface area contributed by atoms with Crippen LogP contribution < -0.4 is 5.32 Å². The van der Waals surface area contributed by atoms with Crippen LogP contribution >= 0.6 is 11.3 Å². The molecule has 1 aromatic heterocycles. The molecular formula is C17H31N3S. The van der Waals surface area contributed by atoms with Crippen LogP contribution in [0.3, 0.4) is 0 Å². The zero-order chi connectivity index (χ0) is 15.8. The highest BCUT2D eigenvalue weighted by atomic mass is 32.1. The van der Waals surface area contributed by atoms with Crippen molar-refractivity contribution in [3.63, 3.8) is 0 Å². The fourth-order valence-corrected chi connectivity index (χ4v) is 4.34. The van der Waals surface area contributed by atoms with E-state index in [1.165, 1.54) is 22.0 Å². The van der Waals surface area contributed by atoms with Crippen molar-refractivity contribution in [3.8, 4) is 0 Å². The van der Waals surface area contributed by atoms with Crippen LogP contribution in [0.5, 0.6) is 0 Å². The van der Waals surface area contributed by atoms with Crippen molar-refractivity contribution < 1.29 is 0 Å². The quantitative estimate of drug-likeness (QED) is 0.917. The summed E-state index contributed by atoms with van der Waals surface area (Å²) in [6.07, 6.45) is 1.20. The number of hydrogen-bond acceptors (Lipinski definition) is 4. The molecule has 1 fully saturated rings. The summed E-state index contributed by atoms with van der Waals surface area (Å²) in [6.45, 7) is 18.1. The molecule has 0 bridgehead atoms. The number of rotatable bonds is 3. The smallest absolute Gasteiger partial charge is 0.0900 e. The topological polar surface area (TPSA) is 28.2 Å². The molecule has 0 saturated carbocycles. The molecule has 1 aliphatic rings. The third-order valence-electron chi connectivity index (χ3n) is 4.80. The fourth-order valence-electron chi connectivity index (χ4n) is 3.34. The Morgan fingerprint density at radius 1 is 1.38 bits per heavy atom. The van der Waals surface area contributed by atoms with Crippen molar-refractivity contribution in [1.82, 2.24) is 15.2 Å². The SMILES string of the molecule is CCC1CNC(C(C)(C)C)CN1C(C)c1sc(C)nc1C. The van der Waals surface area contributed by atoms with Gasteiger partial charge in [0.25, 0.3) is 0 Å². The van der Waals surface area contributed by atoms with Crippen LogP contribution in [0.2, 0.25) is 0 Å². The van der Waals surface area contributed by atoms with E-state index in [2.05, 4.69) is 63.7 Å². The molecule has 120 valence electrons. The molecule has 0 spiro atoms. The lowest BCUT2D eigenvalue weighted by molar-refractivity contribution is 0.0539. The molecule has 2 heterocycles. The van der Waals surface area contributed by atoms with Gasteiger partial charge in [-0.15, -0.1) is 11.3 Å². The molecule has 0 amide bonds. The second kappa shape index (κ2) is 6.35. The minimum Gasteiger partial charge on any atom is -0.311 e. The largest absolute Gasteiger partial charge is 0.311 e. The number of aryl methyl sites for hydroxylation is 2. The number of piperazine rings is 1. The lowest BCUT2D eigenvalue weighted by Crippen LogP contribution is -2.60. The zero-order valence-corrected chi connectivity index (χ0v) is 15.5. The van der Waals surface area contributed by atoms with Gasteiger partial charge in [-0.25, -0.2) is 4.98 Å². The summed E-state index contributed by atoms with van der Waals surface area (Å²) in [5.41, 5.74) is 1.51. The van der Waals surface area contributed by atoms with E-state index < -0.39 is 0 Å². The Kier molecular flexibility index (Phi) is 5.11. The Balaban J connectivity index is 2.22. The van der Waals surface area contributed by atoms with Crippen LogP contribution in [-0.2, 0) is 0 Å². The average molecular weight is 310 g/mol. The van der Waals surface area contributed by atoms with Gasteiger partial charge in [-0.05, 0) is 32.6 Å². The standard InChI is InChI=1S/C17H31N3S/c1-8-14-9-18-15(17(5,6)7)10-20(14)12(3)16-11(2)19-13(4)21-16/h12,14-15,18H,8-10H2,1-7H3. The molecule has 1 saturated heterocycles. The van der Waals surface area contributed by atoms with Gasteiger partial charge in [-0.3, -0.25) is 4.90 Å². The van der Waals surface area contributed by atoms with Crippen molar-refractivity contribution in [2.24, 2.45) is 5.41 Å². The number of thiazole rings is 1. The minimum atomic E-state index is 0.301. The molecule has 0 aromatic carbocycles. The van der Waals surface area contributed by atoms with E-state index in [9.17, 15) is 0 Å². The lowest BCUT2D eigenvalue weighted by atomic mass is 9.84. The summed E-state index contributed by atoms with van der Waals surface area (Å²) in [4.78, 5) is 8.77. The van der Waals surface area contributed by atoms with Crippen molar-refractivity contribution in [2.75, 3.05) is 13.1 Å². The van der Waals surface area contributed by atoms with Gasteiger partial charge in [0.1, 0.15) is 0 Å². The van der Waals surface area contributed by atoms with E-state index in [1.54, 1.807) is 0 Å².